The van der Waals surface area contributed by atoms with Crippen molar-refractivity contribution in [2.75, 3.05) is 19.8 Å². The van der Waals surface area contributed by atoms with Gasteiger partial charge in [0.05, 0.1) is 30.5 Å². The Kier molecular flexibility index (Phi) is 4.68. The number of aliphatic hydroxyl groups excluding tert-OH is 1. The number of hydrogen-bond donors (Lipinski definition) is 2. The fraction of sp³-hybridized carbons (Fsp3) is 0.917. The third-order valence-electron chi connectivity index (χ3n) is 4.13. The molecule has 4 atom stereocenters. The van der Waals surface area contributed by atoms with Gasteiger partial charge in [-0.2, -0.15) is 4.31 Å². The van der Waals surface area contributed by atoms with Crippen molar-refractivity contribution in [2.24, 2.45) is 5.92 Å². The number of carboxylic acid groups (broad SMARTS) is 1. The minimum Gasteiger partial charge on any atom is -0.481 e. The highest BCUT2D eigenvalue weighted by molar-refractivity contribution is 7.89. The van der Waals surface area contributed by atoms with Gasteiger partial charge in [0.2, 0.25) is 10.0 Å². The molecule has 1 saturated heterocycles. The number of aliphatic hydroxyl groups is 1. The average molecular weight is 307 g/mol. The van der Waals surface area contributed by atoms with Crippen LogP contribution in [0.25, 0.3) is 0 Å². The summed E-state index contributed by atoms with van der Waals surface area (Å²) < 4.78 is 32.0. The summed E-state index contributed by atoms with van der Waals surface area (Å²) in [5, 5.41) is 17.4. The average Bonchev–Trinajstić information content (AvgIpc) is 2.89. The second kappa shape index (κ2) is 5.97. The summed E-state index contributed by atoms with van der Waals surface area (Å²) in [7, 11) is -3.69. The van der Waals surface area contributed by atoms with E-state index in [4.69, 9.17) is 14.9 Å². The van der Waals surface area contributed by atoms with E-state index in [1.807, 2.05) is 0 Å². The van der Waals surface area contributed by atoms with Crippen molar-refractivity contribution in [3.8, 4) is 0 Å². The number of carbonyl (C=O) groups is 1. The van der Waals surface area contributed by atoms with Crippen LogP contribution in [0.5, 0.6) is 0 Å². The first-order chi connectivity index (χ1) is 9.37. The van der Waals surface area contributed by atoms with Crippen LogP contribution in [-0.4, -0.2) is 66.1 Å². The maximum Gasteiger partial charge on any atom is 0.307 e. The molecule has 7 nitrogen and oxygen atoms in total. The quantitative estimate of drug-likeness (QED) is 0.736. The first-order valence-corrected chi connectivity index (χ1v) is 8.34. The van der Waals surface area contributed by atoms with E-state index in [0.717, 1.165) is 0 Å². The van der Waals surface area contributed by atoms with Gasteiger partial charge in [0, 0.05) is 12.6 Å². The summed E-state index contributed by atoms with van der Waals surface area (Å²) in [6, 6.07) is -0.335. The molecule has 0 radical (unpaired) electrons. The van der Waals surface area contributed by atoms with E-state index in [2.05, 4.69) is 0 Å². The molecule has 0 aromatic rings. The van der Waals surface area contributed by atoms with Crippen LogP contribution >= 0.6 is 0 Å². The highest BCUT2D eigenvalue weighted by Crippen LogP contribution is 2.34. The molecular weight excluding hydrogens is 286 g/mol. The number of morpholine rings is 1. The van der Waals surface area contributed by atoms with Crippen molar-refractivity contribution in [1.29, 1.82) is 0 Å². The van der Waals surface area contributed by atoms with E-state index in [9.17, 15) is 13.2 Å². The number of aliphatic carboxylic acids is 1. The van der Waals surface area contributed by atoms with Crippen molar-refractivity contribution in [1.82, 2.24) is 4.31 Å². The van der Waals surface area contributed by atoms with Crippen molar-refractivity contribution >= 4 is 16.0 Å². The van der Waals surface area contributed by atoms with Crippen molar-refractivity contribution in [2.45, 2.75) is 43.6 Å². The maximum atomic E-state index is 12.7. The van der Waals surface area contributed by atoms with Gasteiger partial charge in [0.1, 0.15) is 0 Å². The summed E-state index contributed by atoms with van der Waals surface area (Å²) in [6.45, 7) is 1.79. The van der Waals surface area contributed by atoms with Gasteiger partial charge in [-0.1, -0.05) is 6.42 Å². The van der Waals surface area contributed by atoms with Crippen LogP contribution in [-0.2, 0) is 19.6 Å². The van der Waals surface area contributed by atoms with Crippen molar-refractivity contribution in [3.63, 3.8) is 0 Å². The van der Waals surface area contributed by atoms with Gasteiger partial charge in [-0.25, -0.2) is 8.42 Å². The summed E-state index contributed by atoms with van der Waals surface area (Å²) in [6.07, 6.45) is 0.864. The monoisotopic (exact) mass is 307 g/mol. The zero-order valence-corrected chi connectivity index (χ0v) is 12.3. The summed E-state index contributed by atoms with van der Waals surface area (Å²) in [4.78, 5) is 11.2. The third kappa shape index (κ3) is 2.83. The Balaban J connectivity index is 2.22. The van der Waals surface area contributed by atoms with Crippen LogP contribution < -0.4 is 0 Å². The number of nitrogens with zero attached hydrogens (tertiary/aromatic N) is 1. The first kappa shape index (κ1) is 15.7. The second-order valence-corrected chi connectivity index (χ2v) is 7.62. The molecule has 2 fully saturated rings. The van der Waals surface area contributed by atoms with Gasteiger partial charge in [-0.3, -0.25) is 4.79 Å². The molecule has 20 heavy (non-hydrogen) atoms. The van der Waals surface area contributed by atoms with E-state index in [1.165, 1.54) is 4.31 Å². The van der Waals surface area contributed by atoms with Crippen LogP contribution in [0.3, 0.4) is 0 Å². The van der Waals surface area contributed by atoms with E-state index >= 15 is 0 Å². The molecular formula is C12H21NO6S. The molecule has 2 N–H and O–H groups in total. The SMILES string of the molecule is CC1COC(CO)CN1S(=O)(=O)C1CCCC1C(=O)O. The largest absolute Gasteiger partial charge is 0.481 e. The smallest absolute Gasteiger partial charge is 0.307 e. The predicted molar refractivity (Wildman–Crippen MR) is 70.7 cm³/mol. The topological polar surface area (TPSA) is 104 Å². The highest BCUT2D eigenvalue weighted by atomic mass is 32.2. The fourth-order valence-electron chi connectivity index (χ4n) is 3.00. The molecule has 0 amide bonds. The van der Waals surface area contributed by atoms with Crippen molar-refractivity contribution in [3.05, 3.63) is 0 Å². The highest BCUT2D eigenvalue weighted by Gasteiger charge is 2.46. The number of carboxylic acids is 1. The maximum absolute atomic E-state index is 12.7. The van der Waals surface area contributed by atoms with Crippen LogP contribution in [0.4, 0.5) is 0 Å². The predicted octanol–water partition coefficient (Wildman–Crippen LogP) is -0.349. The molecule has 1 aliphatic carbocycles. The Labute approximate surface area is 118 Å². The zero-order chi connectivity index (χ0) is 14.9. The summed E-state index contributed by atoms with van der Waals surface area (Å²) >= 11 is 0. The Morgan fingerprint density at radius 1 is 1.40 bits per heavy atom. The van der Waals surface area contributed by atoms with Crippen LogP contribution in [0.1, 0.15) is 26.2 Å². The minimum absolute atomic E-state index is 0.0861. The molecule has 2 aliphatic rings. The zero-order valence-electron chi connectivity index (χ0n) is 11.4. The van der Waals surface area contributed by atoms with Crippen LogP contribution in [0.15, 0.2) is 0 Å². The number of sulfonamides is 1. The third-order valence-corrected chi connectivity index (χ3v) is 6.62. The van der Waals surface area contributed by atoms with Crippen molar-refractivity contribution < 1.29 is 28.2 Å². The Morgan fingerprint density at radius 3 is 2.70 bits per heavy atom. The molecule has 1 heterocycles. The lowest BCUT2D eigenvalue weighted by Gasteiger charge is -2.38. The Bertz CT molecular complexity index is 465. The van der Waals surface area contributed by atoms with Gasteiger partial charge in [0.25, 0.3) is 0 Å². The van der Waals surface area contributed by atoms with E-state index in [-0.39, 0.29) is 25.8 Å². The second-order valence-electron chi connectivity index (χ2n) is 5.52. The summed E-state index contributed by atoms with van der Waals surface area (Å²) in [5.41, 5.74) is 0. The molecule has 8 heteroatoms. The molecule has 1 saturated carbocycles. The molecule has 0 spiro atoms. The van der Waals surface area contributed by atoms with E-state index in [1.54, 1.807) is 6.92 Å². The van der Waals surface area contributed by atoms with E-state index in [0.29, 0.717) is 19.3 Å². The molecule has 0 aromatic heterocycles. The lowest BCUT2D eigenvalue weighted by atomic mass is 10.1. The Morgan fingerprint density at radius 2 is 2.10 bits per heavy atom. The lowest BCUT2D eigenvalue weighted by molar-refractivity contribution is -0.141. The fourth-order valence-corrected chi connectivity index (χ4v) is 5.41. The Hall–Kier alpha value is -0.700. The van der Waals surface area contributed by atoms with Crippen LogP contribution in [0, 0.1) is 5.92 Å². The normalized spacial score (nSPS) is 36.1. The minimum atomic E-state index is -3.69. The lowest BCUT2D eigenvalue weighted by Crippen LogP contribution is -2.55. The van der Waals surface area contributed by atoms with Gasteiger partial charge < -0.3 is 14.9 Å². The van der Waals surface area contributed by atoms with Gasteiger partial charge in [0.15, 0.2) is 0 Å². The molecule has 0 aromatic carbocycles. The van der Waals surface area contributed by atoms with Gasteiger partial charge in [-0.05, 0) is 19.8 Å². The number of ether oxygens (including phenoxy) is 1. The van der Waals surface area contributed by atoms with Gasteiger partial charge >= 0.3 is 5.97 Å². The van der Waals surface area contributed by atoms with E-state index < -0.39 is 33.3 Å². The molecule has 116 valence electrons. The molecule has 0 bridgehead atoms. The number of rotatable bonds is 4. The first-order valence-electron chi connectivity index (χ1n) is 6.83. The molecule has 4 unspecified atom stereocenters. The standard InChI is InChI=1S/C12H21NO6S/c1-8-7-19-9(6-14)5-13(8)20(17,18)11-4-2-3-10(11)12(15)16/h8-11,14H,2-7H2,1H3,(H,15,16). The van der Waals surface area contributed by atoms with Gasteiger partial charge in [-0.15, -0.1) is 0 Å². The molecule has 1 aliphatic heterocycles. The van der Waals surface area contributed by atoms with Crippen LogP contribution in [0.2, 0.25) is 0 Å². The summed E-state index contributed by atoms with van der Waals surface area (Å²) in [5.74, 6) is -1.88. The number of hydrogen-bond acceptors (Lipinski definition) is 5. The molecule has 2 rings (SSSR count).